The summed E-state index contributed by atoms with van der Waals surface area (Å²) in [7, 11) is -2.05. The largest absolute Gasteiger partial charge is 0.543 e. The van der Waals surface area contributed by atoms with Gasteiger partial charge in [0, 0.05) is 0 Å². The van der Waals surface area contributed by atoms with Gasteiger partial charge in [-0.05, 0) is 157 Å². The zero-order valence-electron chi connectivity index (χ0n) is 38.3. The van der Waals surface area contributed by atoms with Gasteiger partial charge in [-0.3, -0.25) is 0 Å². The molecular weight excluding hydrogens is 765 g/mol. The van der Waals surface area contributed by atoms with Crippen molar-refractivity contribution in [2.45, 2.75) is 118 Å². The first-order valence-electron chi connectivity index (χ1n) is 23.1. The van der Waals surface area contributed by atoms with E-state index in [0.29, 0.717) is 25.0 Å². The standard InChI is InChI=1S/C56H68O4Si/c1-10-14-18-38(12-3)36-58-43-26-31-51-52(34-43)54(48-22-16-20-40-32-42(57)24-28-46(40)48)50-30-25-44(59-37-39(13-4)19-15-11-2)35-53(50)55(51)49-23-17-21-41-33-45(27-29-47(41)49)60-61(8,9)56(5,6)7/h16-17,20-35,38-39,57H,10-15,18-19,36-37H2,1-9H3. The number of phenolic OH excluding ortho intramolecular Hbond substituents is 1. The molecule has 1 N–H and O–H groups in total. The average molecular weight is 833 g/mol. The van der Waals surface area contributed by atoms with E-state index in [9.17, 15) is 5.11 Å². The van der Waals surface area contributed by atoms with Crippen LogP contribution in [0.4, 0.5) is 0 Å². The fourth-order valence-electron chi connectivity index (χ4n) is 8.65. The molecule has 0 radical (unpaired) electrons. The van der Waals surface area contributed by atoms with Crippen LogP contribution < -0.4 is 13.9 Å². The molecule has 61 heavy (non-hydrogen) atoms. The lowest BCUT2D eigenvalue weighted by Gasteiger charge is -2.36. The molecular formula is C56H68O4Si. The molecule has 2 atom stereocenters. The topological polar surface area (TPSA) is 47.9 Å². The van der Waals surface area contributed by atoms with Gasteiger partial charge in [0.1, 0.15) is 23.0 Å². The third kappa shape index (κ3) is 9.58. The number of hydrogen-bond acceptors (Lipinski definition) is 4. The lowest BCUT2D eigenvalue weighted by atomic mass is 9.83. The number of unbranched alkanes of at least 4 members (excludes halogenated alkanes) is 2. The number of hydrogen-bond donors (Lipinski definition) is 1. The van der Waals surface area contributed by atoms with Crippen LogP contribution in [-0.2, 0) is 0 Å². The molecule has 0 saturated heterocycles. The summed E-state index contributed by atoms with van der Waals surface area (Å²) in [4.78, 5) is 0. The average Bonchev–Trinajstić information content (AvgIpc) is 3.24. The van der Waals surface area contributed by atoms with Gasteiger partial charge in [-0.25, -0.2) is 0 Å². The van der Waals surface area contributed by atoms with Gasteiger partial charge in [0.05, 0.1) is 13.2 Å². The Kier molecular flexibility index (Phi) is 13.7. The minimum atomic E-state index is -2.05. The lowest BCUT2D eigenvalue weighted by molar-refractivity contribution is 0.233. The highest BCUT2D eigenvalue weighted by atomic mass is 28.4. The Morgan fingerprint density at radius 1 is 0.525 bits per heavy atom. The van der Waals surface area contributed by atoms with Crippen LogP contribution >= 0.6 is 0 Å². The van der Waals surface area contributed by atoms with Crippen LogP contribution in [0.25, 0.3) is 65.3 Å². The predicted octanol–water partition coefficient (Wildman–Crippen LogP) is 16.9. The molecule has 5 heteroatoms. The predicted molar refractivity (Wildman–Crippen MR) is 264 cm³/mol. The van der Waals surface area contributed by atoms with Crippen molar-refractivity contribution in [2.24, 2.45) is 11.8 Å². The second kappa shape index (κ2) is 18.9. The first-order chi connectivity index (χ1) is 29.3. The Bertz CT molecular complexity index is 2620. The highest BCUT2D eigenvalue weighted by molar-refractivity contribution is 6.74. The summed E-state index contributed by atoms with van der Waals surface area (Å²) in [5.74, 6) is 4.00. The highest BCUT2D eigenvalue weighted by Crippen LogP contribution is 2.49. The lowest BCUT2D eigenvalue weighted by Crippen LogP contribution is -2.43. The van der Waals surface area contributed by atoms with Crippen LogP contribution in [0.15, 0.2) is 109 Å². The maximum atomic E-state index is 10.6. The Balaban J connectivity index is 1.50. The quantitative estimate of drug-likeness (QED) is 0.0691. The van der Waals surface area contributed by atoms with E-state index in [4.69, 9.17) is 13.9 Å². The minimum Gasteiger partial charge on any atom is -0.543 e. The molecule has 0 aliphatic rings. The fourth-order valence-corrected chi connectivity index (χ4v) is 9.67. The van der Waals surface area contributed by atoms with Crippen LogP contribution in [0.2, 0.25) is 18.1 Å². The van der Waals surface area contributed by atoms with E-state index >= 15 is 0 Å². The summed E-state index contributed by atoms with van der Waals surface area (Å²) in [5, 5.41) is 19.7. The normalized spacial score (nSPS) is 13.3. The highest BCUT2D eigenvalue weighted by Gasteiger charge is 2.39. The molecule has 320 valence electrons. The molecule has 0 aliphatic heterocycles. The summed E-state index contributed by atoms with van der Waals surface area (Å²) in [6.45, 7) is 22.0. The van der Waals surface area contributed by atoms with Gasteiger partial charge in [0.25, 0.3) is 0 Å². The fraction of sp³-hybridized carbons (Fsp3) is 0.393. The van der Waals surface area contributed by atoms with E-state index in [1.54, 1.807) is 6.07 Å². The number of aromatic hydroxyl groups is 1. The van der Waals surface area contributed by atoms with E-state index in [1.807, 2.05) is 6.07 Å². The maximum Gasteiger partial charge on any atom is 0.250 e. The van der Waals surface area contributed by atoms with E-state index in [1.165, 1.54) is 55.0 Å². The first kappa shape index (κ1) is 44.1. The number of ether oxygens (including phenoxy) is 2. The van der Waals surface area contributed by atoms with Crippen molar-refractivity contribution in [1.82, 2.24) is 0 Å². The van der Waals surface area contributed by atoms with Crippen LogP contribution in [0.5, 0.6) is 23.0 Å². The number of benzene rings is 7. The molecule has 0 bridgehead atoms. The number of rotatable bonds is 18. The molecule has 4 nitrogen and oxygen atoms in total. The third-order valence-electron chi connectivity index (χ3n) is 13.6. The molecule has 2 unspecified atom stereocenters. The molecule has 7 aromatic rings. The molecule has 0 fully saturated rings. The molecule has 0 amide bonds. The van der Waals surface area contributed by atoms with Gasteiger partial charge in [0.15, 0.2) is 0 Å². The second-order valence-electron chi connectivity index (χ2n) is 18.9. The SMILES string of the molecule is CCCCC(CC)COc1ccc2c(-c3cccc4cc(O[Si](C)(C)C(C)(C)C)ccc34)c3cc(OCC(CC)CCCC)ccc3c(-c3cccc4cc(O)ccc34)c2c1. The first-order valence-corrected chi connectivity index (χ1v) is 26.0. The second-order valence-corrected chi connectivity index (χ2v) is 23.6. The van der Waals surface area contributed by atoms with E-state index in [-0.39, 0.29) is 10.8 Å². The van der Waals surface area contributed by atoms with Gasteiger partial charge in [-0.2, -0.15) is 0 Å². The molecule has 7 aromatic carbocycles. The summed E-state index contributed by atoms with van der Waals surface area (Å²) in [5.41, 5.74) is 4.63. The van der Waals surface area contributed by atoms with Crippen molar-refractivity contribution < 1.29 is 19.0 Å². The van der Waals surface area contributed by atoms with Crippen LogP contribution in [0, 0.1) is 11.8 Å². The van der Waals surface area contributed by atoms with E-state index in [2.05, 4.69) is 159 Å². The van der Waals surface area contributed by atoms with Crippen molar-refractivity contribution in [1.29, 1.82) is 0 Å². The molecule has 7 rings (SSSR count). The Morgan fingerprint density at radius 2 is 0.984 bits per heavy atom. The van der Waals surface area contributed by atoms with E-state index in [0.717, 1.165) is 78.9 Å². The molecule has 0 aromatic heterocycles. The van der Waals surface area contributed by atoms with Gasteiger partial charge in [-0.1, -0.05) is 148 Å². The van der Waals surface area contributed by atoms with Crippen LogP contribution in [-0.4, -0.2) is 26.6 Å². The summed E-state index contributed by atoms with van der Waals surface area (Å²) >= 11 is 0. The van der Waals surface area contributed by atoms with Crippen molar-refractivity contribution in [3.8, 4) is 45.3 Å². The van der Waals surface area contributed by atoms with Crippen molar-refractivity contribution in [2.75, 3.05) is 13.2 Å². The molecule has 0 aliphatic carbocycles. The zero-order valence-corrected chi connectivity index (χ0v) is 39.3. The summed E-state index contributed by atoms with van der Waals surface area (Å²) < 4.78 is 20.3. The molecule has 0 heterocycles. The van der Waals surface area contributed by atoms with Gasteiger partial charge in [-0.15, -0.1) is 0 Å². The summed E-state index contributed by atoms with van der Waals surface area (Å²) in [6, 6.07) is 38.9. The Labute approximate surface area is 366 Å². The number of phenols is 1. The van der Waals surface area contributed by atoms with Crippen molar-refractivity contribution >= 4 is 51.4 Å². The number of fused-ring (bicyclic) bond motifs is 4. The van der Waals surface area contributed by atoms with Crippen molar-refractivity contribution in [3.05, 3.63) is 109 Å². The zero-order chi connectivity index (χ0) is 43.3. The molecule has 0 saturated carbocycles. The molecule has 0 spiro atoms. The van der Waals surface area contributed by atoms with Gasteiger partial charge in [0.2, 0.25) is 8.32 Å². The minimum absolute atomic E-state index is 0.0935. The smallest absolute Gasteiger partial charge is 0.250 e. The third-order valence-corrected chi connectivity index (χ3v) is 17.9. The van der Waals surface area contributed by atoms with E-state index < -0.39 is 8.32 Å². The maximum absolute atomic E-state index is 10.6. The summed E-state index contributed by atoms with van der Waals surface area (Å²) in [6.07, 6.45) is 9.37. The van der Waals surface area contributed by atoms with Crippen LogP contribution in [0.1, 0.15) is 99.8 Å². The van der Waals surface area contributed by atoms with Crippen LogP contribution in [0.3, 0.4) is 0 Å². The van der Waals surface area contributed by atoms with Gasteiger partial charge < -0.3 is 19.0 Å². The van der Waals surface area contributed by atoms with Crippen molar-refractivity contribution in [3.63, 3.8) is 0 Å². The Morgan fingerprint density at radius 3 is 1.46 bits per heavy atom. The Hall–Kier alpha value is -5.00. The van der Waals surface area contributed by atoms with Gasteiger partial charge >= 0.3 is 0 Å². The monoisotopic (exact) mass is 832 g/mol.